The molecule has 2 nitrogen and oxygen atoms in total. The molecule has 94 valence electrons. The molecule has 1 aromatic rings. The monoisotopic (exact) mass is 233 g/mol. The fourth-order valence-electron chi connectivity index (χ4n) is 2.64. The van der Waals surface area contributed by atoms with E-state index in [0.29, 0.717) is 5.92 Å². The minimum absolute atomic E-state index is 0.224. The van der Waals surface area contributed by atoms with Gasteiger partial charge in [-0.05, 0) is 37.2 Å². The third kappa shape index (κ3) is 3.30. The molecule has 0 bridgehead atoms. The van der Waals surface area contributed by atoms with Crippen LogP contribution in [0.2, 0.25) is 0 Å². The van der Waals surface area contributed by atoms with Gasteiger partial charge in [-0.1, -0.05) is 37.3 Å². The SMILES string of the molecule is CCCOC1CC(c2ccccc2)CCC1N. The van der Waals surface area contributed by atoms with E-state index in [9.17, 15) is 0 Å². The van der Waals surface area contributed by atoms with E-state index in [2.05, 4.69) is 37.3 Å². The molecule has 2 N–H and O–H groups in total. The number of rotatable bonds is 4. The highest BCUT2D eigenvalue weighted by Crippen LogP contribution is 2.33. The van der Waals surface area contributed by atoms with Gasteiger partial charge in [0.1, 0.15) is 0 Å². The molecule has 3 atom stereocenters. The van der Waals surface area contributed by atoms with Gasteiger partial charge in [-0.3, -0.25) is 0 Å². The molecule has 0 aliphatic heterocycles. The van der Waals surface area contributed by atoms with Crippen LogP contribution in [0.3, 0.4) is 0 Å². The standard InChI is InChI=1S/C15H23NO/c1-2-10-17-15-11-13(8-9-14(15)16)12-6-4-3-5-7-12/h3-7,13-15H,2,8-11,16H2,1H3. The van der Waals surface area contributed by atoms with E-state index in [1.807, 2.05) is 0 Å². The molecule has 1 aliphatic carbocycles. The van der Waals surface area contributed by atoms with Crippen molar-refractivity contribution in [1.82, 2.24) is 0 Å². The van der Waals surface area contributed by atoms with Crippen molar-refractivity contribution in [2.75, 3.05) is 6.61 Å². The van der Waals surface area contributed by atoms with E-state index in [1.165, 1.54) is 12.0 Å². The molecule has 1 aliphatic rings. The van der Waals surface area contributed by atoms with Crippen LogP contribution in [-0.2, 0) is 4.74 Å². The number of hydrogen-bond acceptors (Lipinski definition) is 2. The van der Waals surface area contributed by atoms with E-state index in [0.717, 1.165) is 25.9 Å². The summed E-state index contributed by atoms with van der Waals surface area (Å²) in [6.07, 6.45) is 4.66. The Bertz CT molecular complexity index is 325. The summed E-state index contributed by atoms with van der Waals surface area (Å²) in [7, 11) is 0. The minimum Gasteiger partial charge on any atom is -0.377 e. The molecule has 2 rings (SSSR count). The van der Waals surface area contributed by atoms with Crippen LogP contribution >= 0.6 is 0 Å². The van der Waals surface area contributed by atoms with Gasteiger partial charge in [0, 0.05) is 12.6 Å². The summed E-state index contributed by atoms with van der Waals surface area (Å²) in [4.78, 5) is 0. The molecule has 3 unspecified atom stereocenters. The first-order valence-electron chi connectivity index (χ1n) is 6.73. The van der Waals surface area contributed by atoms with E-state index in [-0.39, 0.29) is 12.1 Å². The molecule has 0 spiro atoms. The molecule has 0 radical (unpaired) electrons. The Labute approximate surface area is 104 Å². The number of nitrogens with two attached hydrogens (primary N) is 1. The lowest BCUT2D eigenvalue weighted by molar-refractivity contribution is 0.00982. The van der Waals surface area contributed by atoms with Crippen molar-refractivity contribution in [3.05, 3.63) is 35.9 Å². The van der Waals surface area contributed by atoms with Gasteiger partial charge < -0.3 is 10.5 Å². The quantitative estimate of drug-likeness (QED) is 0.867. The number of benzene rings is 1. The lowest BCUT2D eigenvalue weighted by atomic mass is 9.80. The molecule has 0 heterocycles. The van der Waals surface area contributed by atoms with Crippen LogP contribution in [0.4, 0.5) is 0 Å². The van der Waals surface area contributed by atoms with Gasteiger partial charge in [0.05, 0.1) is 6.10 Å². The molecule has 0 amide bonds. The smallest absolute Gasteiger partial charge is 0.0731 e. The van der Waals surface area contributed by atoms with Gasteiger partial charge in [0.2, 0.25) is 0 Å². The zero-order chi connectivity index (χ0) is 12.1. The zero-order valence-electron chi connectivity index (χ0n) is 10.6. The normalized spacial score (nSPS) is 29.2. The van der Waals surface area contributed by atoms with Crippen molar-refractivity contribution in [3.8, 4) is 0 Å². The van der Waals surface area contributed by atoms with Crippen LogP contribution in [0.15, 0.2) is 30.3 Å². The fourth-order valence-corrected chi connectivity index (χ4v) is 2.64. The Morgan fingerprint density at radius 2 is 2.00 bits per heavy atom. The van der Waals surface area contributed by atoms with E-state index < -0.39 is 0 Å². The second kappa shape index (κ2) is 6.18. The van der Waals surface area contributed by atoms with Crippen molar-refractivity contribution < 1.29 is 4.74 Å². The van der Waals surface area contributed by atoms with Crippen molar-refractivity contribution in [3.63, 3.8) is 0 Å². The highest BCUT2D eigenvalue weighted by Gasteiger charge is 2.29. The van der Waals surface area contributed by atoms with Gasteiger partial charge in [0.25, 0.3) is 0 Å². The third-order valence-electron chi connectivity index (χ3n) is 3.65. The van der Waals surface area contributed by atoms with Crippen LogP contribution in [-0.4, -0.2) is 18.8 Å². The van der Waals surface area contributed by atoms with Crippen LogP contribution in [0.5, 0.6) is 0 Å². The van der Waals surface area contributed by atoms with Crippen molar-refractivity contribution in [2.45, 2.75) is 50.7 Å². The Kier molecular flexibility index (Phi) is 4.57. The van der Waals surface area contributed by atoms with Gasteiger partial charge in [0.15, 0.2) is 0 Å². The Morgan fingerprint density at radius 3 is 2.71 bits per heavy atom. The zero-order valence-corrected chi connectivity index (χ0v) is 10.6. The van der Waals surface area contributed by atoms with Gasteiger partial charge in [-0.15, -0.1) is 0 Å². The third-order valence-corrected chi connectivity index (χ3v) is 3.65. The van der Waals surface area contributed by atoms with Crippen molar-refractivity contribution >= 4 is 0 Å². The Morgan fingerprint density at radius 1 is 1.24 bits per heavy atom. The van der Waals surface area contributed by atoms with Gasteiger partial charge >= 0.3 is 0 Å². The average molecular weight is 233 g/mol. The molecule has 2 heteroatoms. The molecule has 1 fully saturated rings. The second-order valence-electron chi connectivity index (χ2n) is 4.99. The maximum absolute atomic E-state index is 6.14. The summed E-state index contributed by atoms with van der Waals surface area (Å²) in [5.41, 5.74) is 7.57. The van der Waals surface area contributed by atoms with Gasteiger partial charge in [-0.2, -0.15) is 0 Å². The lowest BCUT2D eigenvalue weighted by Crippen LogP contribution is -2.41. The maximum Gasteiger partial charge on any atom is 0.0731 e. The van der Waals surface area contributed by atoms with Crippen molar-refractivity contribution in [2.24, 2.45) is 5.73 Å². The maximum atomic E-state index is 6.14. The summed E-state index contributed by atoms with van der Waals surface area (Å²) in [6.45, 7) is 2.98. The highest BCUT2D eigenvalue weighted by molar-refractivity contribution is 5.20. The van der Waals surface area contributed by atoms with Gasteiger partial charge in [-0.25, -0.2) is 0 Å². The molecule has 1 aromatic carbocycles. The second-order valence-corrected chi connectivity index (χ2v) is 4.99. The summed E-state index contributed by atoms with van der Waals surface area (Å²) >= 11 is 0. The summed E-state index contributed by atoms with van der Waals surface area (Å²) < 4.78 is 5.87. The summed E-state index contributed by atoms with van der Waals surface area (Å²) in [5.74, 6) is 0.623. The Hall–Kier alpha value is -0.860. The van der Waals surface area contributed by atoms with E-state index >= 15 is 0 Å². The van der Waals surface area contributed by atoms with E-state index in [1.54, 1.807) is 0 Å². The lowest BCUT2D eigenvalue weighted by Gasteiger charge is -2.34. The first-order chi connectivity index (χ1) is 8.31. The topological polar surface area (TPSA) is 35.2 Å². The number of ether oxygens (including phenoxy) is 1. The predicted octanol–water partition coefficient (Wildman–Crippen LogP) is 3.08. The molecule has 1 saturated carbocycles. The predicted molar refractivity (Wildman–Crippen MR) is 71.0 cm³/mol. The minimum atomic E-state index is 0.224. The van der Waals surface area contributed by atoms with Crippen LogP contribution in [0, 0.1) is 0 Å². The highest BCUT2D eigenvalue weighted by atomic mass is 16.5. The fraction of sp³-hybridized carbons (Fsp3) is 0.600. The Balaban J connectivity index is 1.97. The van der Waals surface area contributed by atoms with Crippen LogP contribution in [0.1, 0.15) is 44.1 Å². The number of hydrogen-bond donors (Lipinski definition) is 1. The molecular formula is C15H23NO. The first kappa shape index (κ1) is 12.6. The van der Waals surface area contributed by atoms with Crippen LogP contribution < -0.4 is 5.73 Å². The van der Waals surface area contributed by atoms with Crippen molar-refractivity contribution in [1.29, 1.82) is 0 Å². The molecule has 17 heavy (non-hydrogen) atoms. The average Bonchev–Trinajstić information content (AvgIpc) is 2.39. The first-order valence-corrected chi connectivity index (χ1v) is 6.73. The molecular weight excluding hydrogens is 210 g/mol. The summed E-state index contributed by atoms with van der Waals surface area (Å²) in [5, 5.41) is 0. The van der Waals surface area contributed by atoms with Crippen LogP contribution in [0.25, 0.3) is 0 Å². The summed E-state index contributed by atoms with van der Waals surface area (Å²) in [6, 6.07) is 11.0. The van der Waals surface area contributed by atoms with E-state index in [4.69, 9.17) is 10.5 Å². The largest absolute Gasteiger partial charge is 0.377 e. The molecule has 0 saturated heterocycles. The molecule has 0 aromatic heterocycles.